The fraction of sp³-hybridized carbons (Fsp3) is 0.438. The molecule has 1 aromatic rings. The number of carbonyl (C=O) groups is 1. The van der Waals surface area contributed by atoms with Crippen LogP contribution in [-0.4, -0.2) is 36.2 Å². The van der Waals surface area contributed by atoms with Crippen molar-refractivity contribution in [2.45, 2.75) is 25.8 Å². The predicted molar refractivity (Wildman–Crippen MR) is 79.5 cm³/mol. The predicted octanol–water partition coefficient (Wildman–Crippen LogP) is 2.37. The molecule has 110 valence electrons. The van der Waals surface area contributed by atoms with Gasteiger partial charge in [0.25, 0.3) is 0 Å². The number of ether oxygens (including phenoxy) is 1. The number of aliphatic hydroxyl groups is 1. The molecular weight excluding hydrogens is 254 g/mol. The van der Waals surface area contributed by atoms with Gasteiger partial charge >= 0.3 is 0 Å². The molecule has 0 aliphatic rings. The molecular formula is C16H23NO3. The lowest BCUT2D eigenvalue weighted by molar-refractivity contribution is -0.130. The normalized spacial score (nSPS) is 10.1. The van der Waals surface area contributed by atoms with Crippen molar-refractivity contribution >= 4 is 5.91 Å². The first-order valence-corrected chi connectivity index (χ1v) is 6.85. The Balaban J connectivity index is 2.42. The zero-order valence-electron chi connectivity index (χ0n) is 12.0. The van der Waals surface area contributed by atoms with Gasteiger partial charge in [0.1, 0.15) is 12.4 Å². The molecule has 0 aliphatic carbocycles. The van der Waals surface area contributed by atoms with E-state index in [-0.39, 0.29) is 12.5 Å². The molecule has 1 amide bonds. The Morgan fingerprint density at radius 2 is 2.05 bits per heavy atom. The van der Waals surface area contributed by atoms with Crippen molar-refractivity contribution in [1.82, 2.24) is 4.90 Å². The maximum absolute atomic E-state index is 11.8. The van der Waals surface area contributed by atoms with Crippen molar-refractivity contribution in [3.63, 3.8) is 0 Å². The Labute approximate surface area is 120 Å². The van der Waals surface area contributed by atoms with Crippen molar-refractivity contribution in [3.05, 3.63) is 42.5 Å². The van der Waals surface area contributed by atoms with Crippen molar-refractivity contribution < 1.29 is 14.6 Å². The minimum atomic E-state index is 0.102. The first-order valence-electron chi connectivity index (χ1n) is 6.85. The summed E-state index contributed by atoms with van der Waals surface area (Å²) in [6, 6.07) is 7.69. The van der Waals surface area contributed by atoms with E-state index in [1.807, 2.05) is 24.3 Å². The van der Waals surface area contributed by atoms with Crippen LogP contribution in [0.25, 0.3) is 0 Å². The quantitative estimate of drug-likeness (QED) is 0.557. The summed E-state index contributed by atoms with van der Waals surface area (Å²) in [6.45, 7) is 4.81. The highest BCUT2D eigenvalue weighted by Gasteiger charge is 2.08. The Bertz CT molecular complexity index is 414. The summed E-state index contributed by atoms with van der Waals surface area (Å²) in [5.41, 5.74) is 1.06. The molecule has 0 saturated carbocycles. The van der Waals surface area contributed by atoms with Gasteiger partial charge in [0, 0.05) is 26.6 Å². The molecule has 20 heavy (non-hydrogen) atoms. The molecule has 0 saturated heterocycles. The summed E-state index contributed by atoms with van der Waals surface area (Å²) >= 11 is 0. The van der Waals surface area contributed by atoms with Gasteiger partial charge in [-0.05, 0) is 30.5 Å². The molecule has 1 rings (SSSR count). The van der Waals surface area contributed by atoms with E-state index < -0.39 is 0 Å². The van der Waals surface area contributed by atoms with E-state index in [1.165, 1.54) is 0 Å². The van der Waals surface area contributed by atoms with E-state index in [2.05, 4.69) is 6.58 Å². The second kappa shape index (κ2) is 9.15. The smallest absolute Gasteiger partial charge is 0.222 e. The maximum atomic E-state index is 11.8. The third kappa shape index (κ3) is 5.89. The Kier molecular flexibility index (Phi) is 7.43. The lowest BCUT2D eigenvalue weighted by Gasteiger charge is -2.17. The van der Waals surface area contributed by atoms with Crippen LogP contribution in [-0.2, 0) is 11.3 Å². The number of rotatable bonds is 9. The monoisotopic (exact) mass is 277 g/mol. The van der Waals surface area contributed by atoms with Crippen molar-refractivity contribution in [3.8, 4) is 5.75 Å². The van der Waals surface area contributed by atoms with Gasteiger partial charge in [-0.25, -0.2) is 0 Å². The van der Waals surface area contributed by atoms with Gasteiger partial charge in [-0.1, -0.05) is 24.8 Å². The third-order valence-electron chi connectivity index (χ3n) is 2.94. The van der Waals surface area contributed by atoms with Crippen LogP contribution in [0.4, 0.5) is 0 Å². The summed E-state index contributed by atoms with van der Waals surface area (Å²) < 4.78 is 5.41. The molecule has 1 aromatic carbocycles. The average molecular weight is 277 g/mol. The number of amides is 1. The minimum absolute atomic E-state index is 0.102. The molecule has 0 heterocycles. The van der Waals surface area contributed by atoms with E-state index in [0.29, 0.717) is 26.0 Å². The van der Waals surface area contributed by atoms with E-state index >= 15 is 0 Å². The average Bonchev–Trinajstić information content (AvgIpc) is 2.46. The van der Waals surface area contributed by atoms with Gasteiger partial charge in [-0.2, -0.15) is 0 Å². The van der Waals surface area contributed by atoms with Gasteiger partial charge in [-0.3, -0.25) is 4.79 Å². The standard InChI is InChI=1S/C16H23NO3/c1-3-12-20-15-9-7-14(8-10-15)13-17(2)16(19)6-4-5-11-18/h3,7-10,18H,1,4-6,11-13H2,2H3. The van der Waals surface area contributed by atoms with Crippen LogP contribution in [0.15, 0.2) is 36.9 Å². The topological polar surface area (TPSA) is 49.8 Å². The number of hydrogen-bond acceptors (Lipinski definition) is 3. The summed E-state index contributed by atoms with van der Waals surface area (Å²) in [5, 5.41) is 8.70. The number of hydrogen-bond donors (Lipinski definition) is 1. The summed E-state index contributed by atoms with van der Waals surface area (Å²) in [4.78, 5) is 13.5. The molecule has 0 bridgehead atoms. The molecule has 0 radical (unpaired) electrons. The number of nitrogens with zero attached hydrogens (tertiary/aromatic N) is 1. The van der Waals surface area contributed by atoms with Crippen LogP contribution >= 0.6 is 0 Å². The Morgan fingerprint density at radius 1 is 1.35 bits per heavy atom. The number of unbranched alkanes of at least 4 members (excludes halogenated alkanes) is 1. The van der Waals surface area contributed by atoms with Crippen LogP contribution in [0, 0.1) is 0 Å². The van der Waals surface area contributed by atoms with Crippen molar-refractivity contribution in [2.75, 3.05) is 20.3 Å². The van der Waals surface area contributed by atoms with Crippen LogP contribution in [0.2, 0.25) is 0 Å². The second-order valence-corrected chi connectivity index (χ2v) is 4.67. The van der Waals surface area contributed by atoms with Gasteiger partial charge in [0.15, 0.2) is 0 Å². The van der Waals surface area contributed by atoms with Gasteiger partial charge in [0.2, 0.25) is 5.91 Å². The highest BCUT2D eigenvalue weighted by molar-refractivity contribution is 5.75. The third-order valence-corrected chi connectivity index (χ3v) is 2.94. The van der Waals surface area contributed by atoms with Gasteiger partial charge in [0.05, 0.1) is 0 Å². The van der Waals surface area contributed by atoms with E-state index in [9.17, 15) is 4.79 Å². The first kappa shape index (κ1) is 16.2. The van der Waals surface area contributed by atoms with Crippen LogP contribution in [0.3, 0.4) is 0 Å². The van der Waals surface area contributed by atoms with Gasteiger partial charge < -0.3 is 14.7 Å². The number of benzene rings is 1. The molecule has 0 aromatic heterocycles. The highest BCUT2D eigenvalue weighted by Crippen LogP contribution is 2.14. The minimum Gasteiger partial charge on any atom is -0.490 e. The van der Waals surface area contributed by atoms with Crippen LogP contribution in [0.1, 0.15) is 24.8 Å². The fourth-order valence-corrected chi connectivity index (χ4v) is 1.79. The van der Waals surface area contributed by atoms with Crippen molar-refractivity contribution in [2.24, 2.45) is 0 Å². The number of carbonyl (C=O) groups excluding carboxylic acids is 1. The number of aliphatic hydroxyl groups excluding tert-OH is 1. The Morgan fingerprint density at radius 3 is 2.65 bits per heavy atom. The molecule has 0 spiro atoms. The summed E-state index contributed by atoms with van der Waals surface area (Å²) in [6.07, 6.45) is 3.59. The van der Waals surface area contributed by atoms with Crippen molar-refractivity contribution in [1.29, 1.82) is 0 Å². The van der Waals surface area contributed by atoms with Crippen LogP contribution in [0.5, 0.6) is 5.75 Å². The van der Waals surface area contributed by atoms with Crippen LogP contribution < -0.4 is 4.74 Å². The fourth-order valence-electron chi connectivity index (χ4n) is 1.79. The van der Waals surface area contributed by atoms with E-state index in [0.717, 1.165) is 17.7 Å². The lowest BCUT2D eigenvalue weighted by Crippen LogP contribution is -2.25. The molecule has 0 atom stereocenters. The zero-order valence-corrected chi connectivity index (χ0v) is 12.0. The molecule has 4 heteroatoms. The molecule has 0 aliphatic heterocycles. The van der Waals surface area contributed by atoms with E-state index in [4.69, 9.17) is 9.84 Å². The van der Waals surface area contributed by atoms with Gasteiger partial charge in [-0.15, -0.1) is 0 Å². The zero-order chi connectivity index (χ0) is 14.8. The molecule has 4 nitrogen and oxygen atoms in total. The summed E-state index contributed by atoms with van der Waals surface area (Å²) in [5.74, 6) is 0.899. The second-order valence-electron chi connectivity index (χ2n) is 4.67. The molecule has 1 N–H and O–H groups in total. The maximum Gasteiger partial charge on any atom is 0.222 e. The molecule has 0 fully saturated rings. The summed E-state index contributed by atoms with van der Waals surface area (Å²) in [7, 11) is 1.80. The molecule has 0 unspecified atom stereocenters. The highest BCUT2D eigenvalue weighted by atomic mass is 16.5. The first-order chi connectivity index (χ1) is 9.67. The largest absolute Gasteiger partial charge is 0.490 e. The van der Waals surface area contributed by atoms with E-state index in [1.54, 1.807) is 18.0 Å². The Hall–Kier alpha value is -1.81. The lowest BCUT2D eigenvalue weighted by atomic mass is 10.2. The SMILES string of the molecule is C=CCOc1ccc(CN(C)C(=O)CCCCO)cc1.